The zero-order valence-corrected chi connectivity index (χ0v) is 11.6. The zero-order chi connectivity index (χ0) is 13.3. The fourth-order valence-electron chi connectivity index (χ4n) is 2.29. The number of aromatic amines is 1. The molecule has 3 N–H and O–H groups in total. The number of benzene rings is 1. The predicted octanol–water partition coefficient (Wildman–Crippen LogP) is 2.76. The highest BCUT2D eigenvalue weighted by molar-refractivity contribution is 5.78. The number of aromatic nitrogens is 2. The molecule has 0 bridgehead atoms. The summed E-state index contributed by atoms with van der Waals surface area (Å²) in [7, 11) is 0. The van der Waals surface area contributed by atoms with Gasteiger partial charge in [0.15, 0.2) is 0 Å². The highest BCUT2D eigenvalue weighted by atomic mass is 15.2. The van der Waals surface area contributed by atoms with E-state index in [4.69, 9.17) is 5.73 Å². The van der Waals surface area contributed by atoms with E-state index in [0.717, 1.165) is 29.1 Å². The number of imidazole rings is 1. The van der Waals surface area contributed by atoms with Gasteiger partial charge in [0.05, 0.1) is 17.6 Å². The van der Waals surface area contributed by atoms with Gasteiger partial charge < -0.3 is 10.7 Å². The molecule has 1 aromatic carbocycles. The second kappa shape index (κ2) is 4.98. The van der Waals surface area contributed by atoms with Gasteiger partial charge in [-0.1, -0.05) is 0 Å². The Kier molecular flexibility index (Phi) is 3.57. The minimum atomic E-state index is 0.503. The van der Waals surface area contributed by atoms with Gasteiger partial charge in [0.1, 0.15) is 5.82 Å². The molecule has 0 fully saturated rings. The summed E-state index contributed by atoms with van der Waals surface area (Å²) in [6, 6.07) is 6.78. The lowest BCUT2D eigenvalue weighted by atomic mass is 10.2. The van der Waals surface area contributed by atoms with Crippen molar-refractivity contribution in [3.05, 3.63) is 24.0 Å². The van der Waals surface area contributed by atoms with Crippen molar-refractivity contribution in [3.8, 4) is 0 Å². The highest BCUT2D eigenvalue weighted by Crippen LogP contribution is 2.17. The summed E-state index contributed by atoms with van der Waals surface area (Å²) in [6.45, 7) is 9.67. The van der Waals surface area contributed by atoms with Gasteiger partial charge in [-0.15, -0.1) is 0 Å². The molecule has 1 heterocycles. The van der Waals surface area contributed by atoms with Crippen molar-refractivity contribution >= 4 is 16.7 Å². The number of rotatable bonds is 4. The fourth-order valence-corrected chi connectivity index (χ4v) is 2.29. The van der Waals surface area contributed by atoms with Crippen molar-refractivity contribution < 1.29 is 0 Å². The van der Waals surface area contributed by atoms with E-state index in [1.54, 1.807) is 0 Å². The molecule has 4 heteroatoms. The third-order valence-corrected chi connectivity index (χ3v) is 3.21. The van der Waals surface area contributed by atoms with E-state index in [0.29, 0.717) is 12.1 Å². The molecule has 0 aliphatic heterocycles. The Morgan fingerprint density at radius 1 is 1.22 bits per heavy atom. The van der Waals surface area contributed by atoms with E-state index < -0.39 is 0 Å². The van der Waals surface area contributed by atoms with Crippen molar-refractivity contribution in [1.29, 1.82) is 0 Å². The van der Waals surface area contributed by atoms with Crippen LogP contribution in [0.25, 0.3) is 11.0 Å². The largest absolute Gasteiger partial charge is 0.399 e. The van der Waals surface area contributed by atoms with Crippen molar-refractivity contribution in [2.45, 2.75) is 46.3 Å². The average molecular weight is 246 g/mol. The average Bonchev–Trinajstić information content (AvgIpc) is 2.66. The van der Waals surface area contributed by atoms with Gasteiger partial charge in [-0.05, 0) is 45.9 Å². The number of H-pyrrole nitrogens is 1. The highest BCUT2D eigenvalue weighted by Gasteiger charge is 2.15. The molecule has 0 saturated heterocycles. The molecule has 0 saturated carbocycles. The topological polar surface area (TPSA) is 57.9 Å². The van der Waals surface area contributed by atoms with Crippen LogP contribution < -0.4 is 5.73 Å². The van der Waals surface area contributed by atoms with Crippen LogP contribution in [-0.4, -0.2) is 27.0 Å². The Labute approximate surface area is 108 Å². The number of nitrogen functional groups attached to an aromatic ring is 1. The van der Waals surface area contributed by atoms with Gasteiger partial charge in [0, 0.05) is 17.8 Å². The van der Waals surface area contributed by atoms with E-state index in [1.807, 2.05) is 18.2 Å². The molecule has 0 atom stereocenters. The molecular weight excluding hydrogens is 224 g/mol. The van der Waals surface area contributed by atoms with E-state index in [2.05, 4.69) is 42.6 Å². The van der Waals surface area contributed by atoms with E-state index >= 15 is 0 Å². The summed E-state index contributed by atoms with van der Waals surface area (Å²) in [5.41, 5.74) is 8.53. The number of hydrogen-bond acceptors (Lipinski definition) is 3. The second-order valence-electron chi connectivity index (χ2n) is 5.32. The predicted molar refractivity (Wildman–Crippen MR) is 76.3 cm³/mol. The normalized spacial score (nSPS) is 12.2. The summed E-state index contributed by atoms with van der Waals surface area (Å²) in [4.78, 5) is 10.4. The van der Waals surface area contributed by atoms with Crippen LogP contribution in [0.3, 0.4) is 0 Å². The number of nitrogens with two attached hydrogens (primary N) is 1. The van der Waals surface area contributed by atoms with Crippen LogP contribution >= 0.6 is 0 Å². The van der Waals surface area contributed by atoms with Crippen LogP contribution in [-0.2, 0) is 6.54 Å². The maximum Gasteiger partial charge on any atom is 0.121 e. The lowest BCUT2D eigenvalue weighted by molar-refractivity contribution is 0.162. The first-order valence-electron chi connectivity index (χ1n) is 6.47. The third-order valence-electron chi connectivity index (χ3n) is 3.21. The summed E-state index contributed by atoms with van der Waals surface area (Å²) in [5, 5.41) is 0. The molecular formula is C14H22N4. The lowest BCUT2D eigenvalue weighted by Gasteiger charge is -2.29. The molecule has 18 heavy (non-hydrogen) atoms. The minimum absolute atomic E-state index is 0.503. The summed E-state index contributed by atoms with van der Waals surface area (Å²) >= 11 is 0. The molecule has 0 amide bonds. The molecule has 98 valence electrons. The van der Waals surface area contributed by atoms with Crippen molar-refractivity contribution in [3.63, 3.8) is 0 Å². The fraction of sp³-hybridized carbons (Fsp3) is 0.500. The van der Waals surface area contributed by atoms with Crippen LogP contribution in [0.4, 0.5) is 5.69 Å². The van der Waals surface area contributed by atoms with Gasteiger partial charge in [-0.2, -0.15) is 0 Å². The molecule has 1 aromatic heterocycles. The van der Waals surface area contributed by atoms with Gasteiger partial charge in [0.2, 0.25) is 0 Å². The van der Waals surface area contributed by atoms with E-state index in [9.17, 15) is 0 Å². The quantitative estimate of drug-likeness (QED) is 0.816. The number of anilines is 1. The molecule has 0 aliphatic rings. The zero-order valence-electron chi connectivity index (χ0n) is 11.6. The van der Waals surface area contributed by atoms with Gasteiger partial charge in [0.25, 0.3) is 0 Å². The molecule has 2 rings (SSSR count). The SMILES string of the molecule is CC(C)N(Cc1nc2ccc(N)cc2[nH]1)C(C)C. The third kappa shape index (κ3) is 2.64. The molecule has 0 aliphatic carbocycles. The number of hydrogen-bond donors (Lipinski definition) is 2. The molecule has 0 unspecified atom stereocenters. The van der Waals surface area contributed by atoms with Crippen molar-refractivity contribution in [2.75, 3.05) is 5.73 Å². The smallest absolute Gasteiger partial charge is 0.121 e. The van der Waals surface area contributed by atoms with Crippen LogP contribution in [0.15, 0.2) is 18.2 Å². The van der Waals surface area contributed by atoms with Crippen LogP contribution in [0.5, 0.6) is 0 Å². The first kappa shape index (κ1) is 12.9. The van der Waals surface area contributed by atoms with Crippen LogP contribution in [0, 0.1) is 0 Å². The van der Waals surface area contributed by atoms with Crippen molar-refractivity contribution in [1.82, 2.24) is 14.9 Å². The molecule has 0 radical (unpaired) electrons. The van der Waals surface area contributed by atoms with Crippen molar-refractivity contribution in [2.24, 2.45) is 0 Å². The molecule has 2 aromatic rings. The Morgan fingerprint density at radius 3 is 2.50 bits per heavy atom. The molecule has 4 nitrogen and oxygen atoms in total. The summed E-state index contributed by atoms with van der Waals surface area (Å²) < 4.78 is 0. The lowest BCUT2D eigenvalue weighted by Crippen LogP contribution is -2.36. The summed E-state index contributed by atoms with van der Waals surface area (Å²) in [6.07, 6.45) is 0. The summed E-state index contributed by atoms with van der Waals surface area (Å²) in [5.74, 6) is 0.998. The van der Waals surface area contributed by atoms with Crippen LogP contribution in [0.1, 0.15) is 33.5 Å². The maximum atomic E-state index is 5.77. The Balaban J connectivity index is 2.26. The maximum absolute atomic E-state index is 5.77. The Bertz CT molecular complexity index is 520. The number of nitrogens with zero attached hydrogens (tertiary/aromatic N) is 2. The Hall–Kier alpha value is -1.55. The van der Waals surface area contributed by atoms with Gasteiger partial charge in [-0.3, -0.25) is 4.90 Å². The van der Waals surface area contributed by atoms with Gasteiger partial charge >= 0.3 is 0 Å². The first-order valence-corrected chi connectivity index (χ1v) is 6.47. The Morgan fingerprint density at radius 2 is 1.89 bits per heavy atom. The monoisotopic (exact) mass is 246 g/mol. The van der Waals surface area contributed by atoms with E-state index in [1.165, 1.54) is 0 Å². The molecule has 0 spiro atoms. The van der Waals surface area contributed by atoms with E-state index in [-0.39, 0.29) is 0 Å². The standard InChI is InChI=1S/C14H22N4/c1-9(2)18(10(3)4)8-14-16-12-6-5-11(15)7-13(12)17-14/h5-7,9-10H,8,15H2,1-4H3,(H,16,17). The number of fused-ring (bicyclic) bond motifs is 1. The van der Waals surface area contributed by atoms with Gasteiger partial charge in [-0.25, -0.2) is 4.98 Å². The minimum Gasteiger partial charge on any atom is -0.399 e. The number of nitrogens with one attached hydrogen (secondary N) is 1. The second-order valence-corrected chi connectivity index (χ2v) is 5.32. The first-order chi connectivity index (χ1) is 8.47. The van der Waals surface area contributed by atoms with Crippen LogP contribution in [0.2, 0.25) is 0 Å².